The third kappa shape index (κ3) is 3.25. The number of thiophene rings is 1. The van der Waals surface area contributed by atoms with Crippen molar-refractivity contribution in [2.45, 2.75) is 38.2 Å². The number of aromatic nitrogens is 3. The van der Waals surface area contributed by atoms with Crippen LogP contribution >= 0.6 is 23.1 Å². The summed E-state index contributed by atoms with van der Waals surface area (Å²) in [4.78, 5) is 1.17. The molecule has 114 valence electrons. The van der Waals surface area contributed by atoms with E-state index in [-0.39, 0.29) is 0 Å². The van der Waals surface area contributed by atoms with Gasteiger partial charge in [0, 0.05) is 12.3 Å². The highest BCUT2D eigenvalue weighted by atomic mass is 32.2. The van der Waals surface area contributed by atoms with Gasteiger partial charge in [-0.05, 0) is 37.8 Å². The summed E-state index contributed by atoms with van der Waals surface area (Å²) in [6.45, 7) is 7.31. The van der Waals surface area contributed by atoms with Crippen molar-refractivity contribution < 1.29 is 0 Å². The molecular weight excluding hydrogens is 310 g/mol. The van der Waals surface area contributed by atoms with Crippen molar-refractivity contribution in [1.29, 1.82) is 0 Å². The Morgan fingerprint density at radius 3 is 2.55 bits per heavy atom. The fourth-order valence-corrected chi connectivity index (χ4v) is 4.22. The maximum atomic E-state index is 4.39. The van der Waals surface area contributed by atoms with E-state index in [1.807, 2.05) is 0 Å². The molecule has 5 heteroatoms. The number of thioether (sulfide) groups is 1. The second-order valence-corrected chi connectivity index (χ2v) is 7.20. The quantitative estimate of drug-likeness (QED) is 0.621. The average Bonchev–Trinajstić information content (AvgIpc) is 3.12. The first kappa shape index (κ1) is 15.3. The van der Waals surface area contributed by atoms with Gasteiger partial charge in [-0.1, -0.05) is 47.2 Å². The number of hydrogen-bond donors (Lipinski definition) is 0. The van der Waals surface area contributed by atoms with Crippen LogP contribution in [0.2, 0.25) is 0 Å². The molecule has 3 rings (SSSR count). The highest BCUT2D eigenvalue weighted by Crippen LogP contribution is 2.29. The van der Waals surface area contributed by atoms with Crippen LogP contribution in [-0.2, 0) is 12.3 Å². The van der Waals surface area contributed by atoms with Gasteiger partial charge in [0.25, 0.3) is 0 Å². The van der Waals surface area contributed by atoms with Gasteiger partial charge in [-0.2, -0.15) is 0 Å². The minimum atomic E-state index is 0.884. The molecule has 0 fully saturated rings. The van der Waals surface area contributed by atoms with Gasteiger partial charge < -0.3 is 4.57 Å². The number of aryl methyl sites for hydroxylation is 2. The summed E-state index contributed by atoms with van der Waals surface area (Å²) in [6.07, 6.45) is 0. The monoisotopic (exact) mass is 329 g/mol. The largest absolute Gasteiger partial charge is 0.302 e. The highest BCUT2D eigenvalue weighted by Gasteiger charge is 2.13. The van der Waals surface area contributed by atoms with E-state index in [0.29, 0.717) is 0 Å². The lowest BCUT2D eigenvalue weighted by molar-refractivity contribution is 0.688. The molecule has 0 aliphatic heterocycles. The van der Waals surface area contributed by atoms with Gasteiger partial charge in [-0.3, -0.25) is 0 Å². The van der Waals surface area contributed by atoms with Crippen LogP contribution in [0.15, 0.2) is 40.9 Å². The van der Waals surface area contributed by atoms with Crippen molar-refractivity contribution in [3.8, 4) is 10.7 Å². The van der Waals surface area contributed by atoms with Gasteiger partial charge in [-0.15, -0.1) is 21.5 Å². The van der Waals surface area contributed by atoms with E-state index in [9.17, 15) is 0 Å². The van der Waals surface area contributed by atoms with E-state index in [2.05, 4.69) is 71.2 Å². The van der Waals surface area contributed by atoms with Crippen molar-refractivity contribution in [3.05, 3.63) is 52.4 Å². The maximum absolute atomic E-state index is 4.39. The standard InChI is InChI=1S/C17H19N3S2/c1-4-20-16(15-6-5-7-21-15)18-19-17(20)22-11-14-9-12(2)8-13(3)10-14/h5-10H,4,11H2,1-3H3. The van der Waals surface area contributed by atoms with Crippen molar-refractivity contribution in [2.24, 2.45) is 0 Å². The minimum Gasteiger partial charge on any atom is -0.302 e. The molecule has 0 atom stereocenters. The Kier molecular flexibility index (Phi) is 4.64. The molecule has 0 saturated heterocycles. The molecule has 2 aromatic heterocycles. The van der Waals surface area contributed by atoms with Crippen LogP contribution in [0, 0.1) is 13.8 Å². The molecule has 0 unspecified atom stereocenters. The Balaban J connectivity index is 1.81. The van der Waals surface area contributed by atoms with Gasteiger partial charge in [0.15, 0.2) is 11.0 Å². The zero-order chi connectivity index (χ0) is 15.5. The zero-order valence-corrected chi connectivity index (χ0v) is 14.7. The first-order valence-electron chi connectivity index (χ1n) is 7.34. The summed E-state index contributed by atoms with van der Waals surface area (Å²) < 4.78 is 2.19. The fourth-order valence-electron chi connectivity index (χ4n) is 2.57. The molecule has 0 spiro atoms. The third-order valence-electron chi connectivity index (χ3n) is 3.42. The second-order valence-electron chi connectivity index (χ2n) is 5.31. The topological polar surface area (TPSA) is 30.7 Å². The number of rotatable bonds is 5. The van der Waals surface area contributed by atoms with Crippen molar-refractivity contribution >= 4 is 23.1 Å². The molecule has 2 heterocycles. The molecule has 1 aromatic carbocycles. The lowest BCUT2D eigenvalue weighted by atomic mass is 10.1. The summed E-state index contributed by atoms with van der Waals surface area (Å²) in [5.74, 6) is 1.89. The Hall–Kier alpha value is -1.59. The van der Waals surface area contributed by atoms with Crippen molar-refractivity contribution in [3.63, 3.8) is 0 Å². The number of nitrogens with zero attached hydrogens (tertiary/aromatic N) is 3. The Labute approximate surface area is 139 Å². The SMILES string of the molecule is CCn1c(SCc2cc(C)cc(C)c2)nnc1-c1cccs1. The van der Waals surface area contributed by atoms with E-state index in [1.165, 1.54) is 21.6 Å². The lowest BCUT2D eigenvalue weighted by Gasteiger charge is -2.07. The Morgan fingerprint density at radius 1 is 1.14 bits per heavy atom. The molecular formula is C17H19N3S2. The van der Waals surface area contributed by atoms with E-state index in [0.717, 1.165) is 23.3 Å². The van der Waals surface area contributed by atoms with Gasteiger partial charge in [0.2, 0.25) is 0 Å². The van der Waals surface area contributed by atoms with Crippen LogP contribution in [0.5, 0.6) is 0 Å². The van der Waals surface area contributed by atoms with E-state index in [1.54, 1.807) is 23.1 Å². The zero-order valence-electron chi connectivity index (χ0n) is 13.0. The van der Waals surface area contributed by atoms with Crippen LogP contribution in [0.25, 0.3) is 10.7 Å². The highest BCUT2D eigenvalue weighted by molar-refractivity contribution is 7.98. The van der Waals surface area contributed by atoms with Gasteiger partial charge in [0.05, 0.1) is 4.88 Å². The van der Waals surface area contributed by atoms with E-state index in [4.69, 9.17) is 0 Å². The first-order chi connectivity index (χ1) is 10.7. The summed E-state index contributed by atoms with van der Waals surface area (Å²) >= 11 is 3.46. The lowest BCUT2D eigenvalue weighted by Crippen LogP contribution is -1.99. The van der Waals surface area contributed by atoms with Crippen LogP contribution in [0.1, 0.15) is 23.6 Å². The maximum Gasteiger partial charge on any atom is 0.191 e. The molecule has 0 saturated carbocycles. The molecule has 0 N–H and O–H groups in total. The van der Waals surface area contributed by atoms with Crippen LogP contribution in [-0.4, -0.2) is 14.8 Å². The smallest absolute Gasteiger partial charge is 0.191 e. The predicted molar refractivity (Wildman–Crippen MR) is 94.5 cm³/mol. The molecule has 22 heavy (non-hydrogen) atoms. The summed E-state index contributed by atoms with van der Waals surface area (Å²) in [5.41, 5.74) is 3.96. The van der Waals surface area contributed by atoms with Crippen LogP contribution in [0.4, 0.5) is 0 Å². The van der Waals surface area contributed by atoms with Crippen molar-refractivity contribution in [1.82, 2.24) is 14.8 Å². The molecule has 0 bridgehead atoms. The minimum absolute atomic E-state index is 0.884. The molecule has 0 aliphatic carbocycles. The van der Waals surface area contributed by atoms with Gasteiger partial charge in [-0.25, -0.2) is 0 Å². The number of hydrogen-bond acceptors (Lipinski definition) is 4. The van der Waals surface area contributed by atoms with Gasteiger partial charge in [0.1, 0.15) is 0 Å². The van der Waals surface area contributed by atoms with Crippen LogP contribution in [0.3, 0.4) is 0 Å². The van der Waals surface area contributed by atoms with Gasteiger partial charge >= 0.3 is 0 Å². The summed E-state index contributed by atoms with van der Waals surface area (Å²) in [7, 11) is 0. The normalized spacial score (nSPS) is 11.0. The summed E-state index contributed by atoms with van der Waals surface area (Å²) in [5, 5.41) is 11.8. The molecule has 0 aliphatic rings. The predicted octanol–water partition coefficient (Wildman–Crippen LogP) is 4.94. The number of benzene rings is 1. The first-order valence-corrected chi connectivity index (χ1v) is 9.21. The van der Waals surface area contributed by atoms with E-state index >= 15 is 0 Å². The molecule has 3 aromatic rings. The summed E-state index contributed by atoms with van der Waals surface area (Å²) in [6, 6.07) is 10.8. The Bertz CT molecular complexity index is 740. The molecule has 0 radical (unpaired) electrons. The fraction of sp³-hybridized carbons (Fsp3) is 0.294. The second kappa shape index (κ2) is 6.67. The molecule has 0 amide bonds. The third-order valence-corrected chi connectivity index (χ3v) is 5.33. The molecule has 3 nitrogen and oxygen atoms in total. The average molecular weight is 329 g/mol. The van der Waals surface area contributed by atoms with E-state index < -0.39 is 0 Å². The Morgan fingerprint density at radius 2 is 1.91 bits per heavy atom. The van der Waals surface area contributed by atoms with Crippen molar-refractivity contribution in [2.75, 3.05) is 0 Å². The van der Waals surface area contributed by atoms with Crippen LogP contribution < -0.4 is 0 Å².